The average Bonchev–Trinajstić information content (AvgIpc) is 2.55. The standard InChI is InChI=1S/C16H18ClFN4O/c1-22-14(17)13(18)9-19-15(22)21-16(23)20-12-7-6-10-4-2-3-5-11(10)8-12/h2-8,13-15,19H,9H2,1H3,(H2,20,21,23). The Labute approximate surface area is 138 Å². The molecule has 1 aliphatic heterocycles. The number of fused-ring (bicyclic) bond motifs is 1. The summed E-state index contributed by atoms with van der Waals surface area (Å²) in [4.78, 5) is 13.7. The molecule has 7 heteroatoms. The fourth-order valence-electron chi connectivity index (χ4n) is 2.57. The van der Waals surface area contributed by atoms with E-state index in [0.717, 1.165) is 10.8 Å². The molecule has 3 atom stereocenters. The van der Waals surface area contributed by atoms with E-state index in [1.165, 1.54) is 4.90 Å². The highest BCUT2D eigenvalue weighted by Gasteiger charge is 2.34. The van der Waals surface area contributed by atoms with Crippen molar-refractivity contribution < 1.29 is 9.18 Å². The number of hydrogen-bond donors (Lipinski definition) is 3. The molecule has 122 valence electrons. The van der Waals surface area contributed by atoms with Crippen LogP contribution in [0.2, 0.25) is 0 Å². The van der Waals surface area contributed by atoms with Gasteiger partial charge in [0.25, 0.3) is 0 Å². The molecule has 1 saturated heterocycles. The van der Waals surface area contributed by atoms with Crippen molar-refractivity contribution in [3.05, 3.63) is 42.5 Å². The average molecular weight is 337 g/mol. The second-order valence-corrected chi connectivity index (χ2v) is 5.97. The van der Waals surface area contributed by atoms with Gasteiger partial charge in [0.05, 0.1) is 0 Å². The first kappa shape index (κ1) is 16.0. The van der Waals surface area contributed by atoms with Gasteiger partial charge in [-0.2, -0.15) is 0 Å². The number of carbonyl (C=O) groups excluding carboxylic acids is 1. The van der Waals surface area contributed by atoms with Gasteiger partial charge in [0.2, 0.25) is 0 Å². The maximum atomic E-state index is 13.5. The maximum absolute atomic E-state index is 13.5. The third kappa shape index (κ3) is 3.55. The molecule has 2 aromatic carbocycles. The molecule has 3 unspecified atom stereocenters. The Morgan fingerprint density at radius 2 is 2.04 bits per heavy atom. The van der Waals surface area contributed by atoms with Crippen LogP contribution in [-0.2, 0) is 0 Å². The van der Waals surface area contributed by atoms with Gasteiger partial charge in [-0.05, 0) is 30.0 Å². The van der Waals surface area contributed by atoms with E-state index >= 15 is 0 Å². The molecular weight excluding hydrogens is 319 g/mol. The summed E-state index contributed by atoms with van der Waals surface area (Å²) in [6, 6.07) is 13.2. The number of carbonyl (C=O) groups is 1. The lowest BCUT2D eigenvalue weighted by atomic mass is 10.1. The zero-order valence-corrected chi connectivity index (χ0v) is 13.3. The van der Waals surface area contributed by atoms with Gasteiger partial charge in [0.15, 0.2) is 0 Å². The number of amides is 2. The summed E-state index contributed by atoms with van der Waals surface area (Å²) in [7, 11) is 1.65. The molecule has 3 rings (SSSR count). The zero-order chi connectivity index (χ0) is 16.4. The van der Waals surface area contributed by atoms with Gasteiger partial charge in [-0.15, -0.1) is 11.6 Å². The Morgan fingerprint density at radius 3 is 2.83 bits per heavy atom. The van der Waals surface area contributed by atoms with Crippen LogP contribution in [0.5, 0.6) is 0 Å². The second-order valence-electron chi connectivity index (χ2n) is 5.53. The molecule has 23 heavy (non-hydrogen) atoms. The van der Waals surface area contributed by atoms with Crippen molar-refractivity contribution >= 4 is 34.1 Å². The van der Waals surface area contributed by atoms with Crippen LogP contribution in [0.25, 0.3) is 10.8 Å². The Bertz CT molecular complexity index is 713. The number of rotatable bonds is 2. The van der Waals surface area contributed by atoms with Crippen LogP contribution in [-0.4, -0.2) is 42.5 Å². The van der Waals surface area contributed by atoms with Crippen LogP contribution in [0.3, 0.4) is 0 Å². The molecule has 0 aliphatic carbocycles. The number of nitrogens with zero attached hydrogens (tertiary/aromatic N) is 1. The van der Waals surface area contributed by atoms with Crippen molar-refractivity contribution in [1.82, 2.24) is 15.5 Å². The summed E-state index contributed by atoms with van der Waals surface area (Å²) in [5, 5.41) is 10.5. The predicted octanol–water partition coefficient (Wildman–Crippen LogP) is 2.68. The number of hydrogen-bond acceptors (Lipinski definition) is 3. The van der Waals surface area contributed by atoms with E-state index in [-0.39, 0.29) is 12.6 Å². The van der Waals surface area contributed by atoms with E-state index in [9.17, 15) is 9.18 Å². The summed E-state index contributed by atoms with van der Waals surface area (Å²) < 4.78 is 13.5. The zero-order valence-electron chi connectivity index (χ0n) is 12.6. The molecule has 0 bridgehead atoms. The quantitative estimate of drug-likeness (QED) is 0.584. The smallest absolute Gasteiger partial charge is 0.309 e. The van der Waals surface area contributed by atoms with Gasteiger partial charge >= 0.3 is 6.03 Å². The molecule has 2 aromatic rings. The fourth-order valence-corrected chi connectivity index (χ4v) is 2.78. The minimum absolute atomic E-state index is 0.0967. The first-order valence-corrected chi connectivity index (χ1v) is 7.78. The normalized spacial score (nSPS) is 25.3. The van der Waals surface area contributed by atoms with E-state index in [1.807, 2.05) is 42.5 Å². The molecular formula is C16H18ClFN4O. The molecule has 0 saturated carbocycles. The molecule has 1 heterocycles. The number of alkyl halides is 2. The van der Waals surface area contributed by atoms with Crippen LogP contribution < -0.4 is 16.0 Å². The van der Waals surface area contributed by atoms with E-state index < -0.39 is 18.0 Å². The third-order valence-corrected chi connectivity index (χ3v) is 4.46. The number of nitrogens with one attached hydrogen (secondary N) is 3. The molecule has 1 aliphatic rings. The monoisotopic (exact) mass is 336 g/mol. The fraction of sp³-hybridized carbons (Fsp3) is 0.312. The molecule has 1 fully saturated rings. The Hall–Kier alpha value is -1.89. The molecule has 3 N–H and O–H groups in total. The molecule has 0 aromatic heterocycles. The van der Waals surface area contributed by atoms with Crippen molar-refractivity contribution in [3.8, 4) is 0 Å². The predicted molar refractivity (Wildman–Crippen MR) is 90.2 cm³/mol. The van der Waals surface area contributed by atoms with Crippen molar-refractivity contribution in [1.29, 1.82) is 0 Å². The van der Waals surface area contributed by atoms with Gasteiger partial charge in [-0.25, -0.2) is 9.18 Å². The van der Waals surface area contributed by atoms with Crippen LogP contribution in [0, 0.1) is 0 Å². The lowest BCUT2D eigenvalue weighted by Crippen LogP contribution is -2.65. The van der Waals surface area contributed by atoms with Gasteiger partial charge in [-0.1, -0.05) is 30.3 Å². The minimum atomic E-state index is -1.18. The highest BCUT2D eigenvalue weighted by molar-refractivity contribution is 6.20. The van der Waals surface area contributed by atoms with Crippen LogP contribution in [0.4, 0.5) is 14.9 Å². The van der Waals surface area contributed by atoms with Gasteiger partial charge in [0, 0.05) is 12.2 Å². The van der Waals surface area contributed by atoms with Gasteiger partial charge in [-0.3, -0.25) is 10.2 Å². The number of benzene rings is 2. The first-order chi connectivity index (χ1) is 11.0. The van der Waals surface area contributed by atoms with Crippen LogP contribution >= 0.6 is 11.6 Å². The first-order valence-electron chi connectivity index (χ1n) is 7.34. The van der Waals surface area contributed by atoms with Gasteiger partial charge in [0.1, 0.15) is 18.0 Å². The van der Waals surface area contributed by atoms with Crippen LogP contribution in [0.15, 0.2) is 42.5 Å². The summed E-state index contributed by atoms with van der Waals surface area (Å²) >= 11 is 5.96. The Balaban J connectivity index is 1.64. The Morgan fingerprint density at radius 1 is 1.30 bits per heavy atom. The highest BCUT2D eigenvalue weighted by atomic mass is 35.5. The lowest BCUT2D eigenvalue weighted by Gasteiger charge is -2.39. The lowest BCUT2D eigenvalue weighted by molar-refractivity contribution is 0.0637. The van der Waals surface area contributed by atoms with E-state index in [0.29, 0.717) is 5.69 Å². The molecule has 0 radical (unpaired) electrons. The van der Waals surface area contributed by atoms with Crippen molar-refractivity contribution in [3.63, 3.8) is 0 Å². The number of urea groups is 1. The SMILES string of the molecule is CN1C(NC(=O)Nc2ccc3ccccc3c2)NCC(F)C1Cl. The summed E-state index contributed by atoms with van der Waals surface area (Å²) in [6.07, 6.45) is -1.70. The number of halogens is 2. The summed E-state index contributed by atoms with van der Waals surface area (Å²) in [6.45, 7) is 0.0967. The topological polar surface area (TPSA) is 56.4 Å². The summed E-state index contributed by atoms with van der Waals surface area (Å²) in [5.41, 5.74) is -0.0901. The van der Waals surface area contributed by atoms with Crippen molar-refractivity contribution in [2.75, 3.05) is 18.9 Å². The van der Waals surface area contributed by atoms with Gasteiger partial charge < -0.3 is 10.6 Å². The van der Waals surface area contributed by atoms with Crippen molar-refractivity contribution in [2.45, 2.75) is 18.0 Å². The molecule has 5 nitrogen and oxygen atoms in total. The largest absolute Gasteiger partial charge is 0.321 e. The third-order valence-electron chi connectivity index (χ3n) is 3.88. The van der Waals surface area contributed by atoms with E-state index in [2.05, 4.69) is 16.0 Å². The van der Waals surface area contributed by atoms with Crippen LogP contribution in [0.1, 0.15) is 0 Å². The minimum Gasteiger partial charge on any atom is -0.309 e. The Kier molecular flexibility index (Phi) is 4.66. The summed E-state index contributed by atoms with van der Waals surface area (Å²) in [5.74, 6) is 0. The molecule has 2 amide bonds. The molecule has 0 spiro atoms. The van der Waals surface area contributed by atoms with E-state index in [4.69, 9.17) is 11.6 Å². The number of anilines is 1. The maximum Gasteiger partial charge on any atom is 0.321 e. The van der Waals surface area contributed by atoms with E-state index in [1.54, 1.807) is 7.05 Å². The van der Waals surface area contributed by atoms with Crippen molar-refractivity contribution in [2.24, 2.45) is 0 Å². The second kappa shape index (κ2) is 6.70. The highest BCUT2D eigenvalue weighted by Crippen LogP contribution is 2.19.